The van der Waals surface area contributed by atoms with E-state index in [1.165, 1.54) is 0 Å². The molecule has 2 fully saturated rings. The first-order valence-electron chi connectivity index (χ1n) is 5.69. The minimum Gasteiger partial charge on any atom is -1.00 e. The second-order valence-electron chi connectivity index (χ2n) is 4.18. The largest absolute Gasteiger partial charge is 2.00 e. The van der Waals surface area contributed by atoms with Crippen LogP contribution >= 0.6 is 0 Å². The normalized spacial score (nSPS) is 21.5. The number of carbonyl (C=O) groups is 2. The molecule has 0 spiro atoms. The summed E-state index contributed by atoms with van der Waals surface area (Å²) in [6.45, 7) is 1.89. The molecule has 2 heterocycles. The van der Waals surface area contributed by atoms with Gasteiger partial charge in [0.1, 0.15) is 12.1 Å². The average Bonchev–Trinajstić information content (AvgIpc) is 2.93. The molecule has 0 saturated carbocycles. The Kier molecular flexibility index (Phi) is 29.9. The second kappa shape index (κ2) is 18.8. The van der Waals surface area contributed by atoms with Crippen LogP contribution in [0.15, 0.2) is 0 Å². The maximum absolute atomic E-state index is 10.1. The fourth-order valence-corrected chi connectivity index (χ4v) is 1.98. The number of carboxylic acid groups (broad SMARTS) is 2. The minimum absolute atomic E-state index is 0. The molecule has 129 valence electrons. The summed E-state index contributed by atoms with van der Waals surface area (Å²) in [5.41, 5.74) is 0. The van der Waals surface area contributed by atoms with E-state index in [1.807, 2.05) is 10.6 Å². The van der Waals surface area contributed by atoms with Crippen molar-refractivity contribution in [1.29, 1.82) is 0 Å². The summed E-state index contributed by atoms with van der Waals surface area (Å²) >= 11 is 0. The van der Waals surface area contributed by atoms with Crippen LogP contribution in [0.3, 0.4) is 0 Å². The van der Waals surface area contributed by atoms with Crippen molar-refractivity contribution in [2.45, 2.75) is 37.8 Å². The van der Waals surface area contributed by atoms with Crippen molar-refractivity contribution < 1.29 is 106 Å². The van der Waals surface area contributed by atoms with Gasteiger partial charge in [-0.25, -0.2) is 0 Å². The standard InChI is InChI=1S/2C5H9NO2.2HI.Mn.2H2O/c2*7-5(8)4-2-1-3-6-4;;;;;/h2*4,6H,1-3H2,(H,7,8);2*1H;;2*1H2/q;;;;+2;;/t2*4-;;;;;/m10...../s1. The van der Waals surface area contributed by atoms with Crippen LogP contribution in [0.5, 0.6) is 0 Å². The molecule has 0 amide bonds. The predicted octanol–water partition coefficient (Wildman–Crippen LogP) is -12.9. The van der Waals surface area contributed by atoms with Gasteiger partial charge in [0, 0.05) is 25.7 Å². The van der Waals surface area contributed by atoms with Gasteiger partial charge in [-0.15, -0.1) is 0 Å². The molecule has 2 saturated heterocycles. The van der Waals surface area contributed by atoms with Crippen LogP contribution in [0.2, 0.25) is 0 Å². The first-order valence-corrected chi connectivity index (χ1v) is 5.69. The number of carboxylic acids is 2. The van der Waals surface area contributed by atoms with Crippen molar-refractivity contribution in [3.8, 4) is 0 Å². The number of nitrogens with two attached hydrogens (primary N) is 2. The quantitative estimate of drug-likeness (QED) is 0.188. The van der Waals surface area contributed by atoms with Crippen molar-refractivity contribution >= 4 is 11.9 Å². The summed E-state index contributed by atoms with van der Waals surface area (Å²) in [6, 6.07) is -0.509. The third-order valence-electron chi connectivity index (χ3n) is 2.95. The molecular weight excluding hydrogens is 553 g/mol. The molecule has 1 radical (unpaired) electrons. The van der Waals surface area contributed by atoms with Crippen LogP contribution < -0.4 is 68.8 Å². The number of hydrogen-bond acceptors (Lipinski definition) is 4. The van der Waals surface area contributed by atoms with E-state index in [0.29, 0.717) is 0 Å². The Morgan fingerprint density at radius 2 is 1.10 bits per heavy atom. The summed E-state index contributed by atoms with van der Waals surface area (Å²) in [7, 11) is 0. The molecule has 0 unspecified atom stereocenters. The molecule has 21 heavy (non-hydrogen) atoms. The number of hydrogen-bond donors (Lipinski definition) is 2. The Morgan fingerprint density at radius 3 is 1.19 bits per heavy atom. The summed E-state index contributed by atoms with van der Waals surface area (Å²) in [5, 5.41) is 23.7. The van der Waals surface area contributed by atoms with Crippen molar-refractivity contribution in [3.05, 3.63) is 0 Å². The first-order chi connectivity index (χ1) is 7.61. The van der Waals surface area contributed by atoms with E-state index in [0.717, 1.165) is 38.8 Å². The molecule has 0 aromatic rings. The van der Waals surface area contributed by atoms with Crippen molar-refractivity contribution in [3.63, 3.8) is 0 Å². The van der Waals surface area contributed by atoms with Gasteiger partial charge in [-0.1, -0.05) is 0 Å². The zero-order chi connectivity index (χ0) is 12.0. The summed E-state index contributed by atoms with van der Waals surface area (Å²) in [6.07, 6.45) is 3.59. The van der Waals surface area contributed by atoms with Crippen molar-refractivity contribution in [2.75, 3.05) is 13.1 Å². The van der Waals surface area contributed by atoms with Crippen LogP contribution in [-0.2, 0) is 37.6 Å². The van der Waals surface area contributed by atoms with Crippen LogP contribution in [0.25, 0.3) is 0 Å². The number of carbonyl (C=O) groups excluding carboxylic acids is 2. The smallest absolute Gasteiger partial charge is 1.00 e. The molecule has 8 nitrogen and oxygen atoms in total. The molecular formula is C10H24I2MnN2O6+2. The zero-order valence-electron chi connectivity index (χ0n) is 11.5. The molecule has 0 aliphatic carbocycles. The molecule has 2 aliphatic rings. The third-order valence-corrected chi connectivity index (χ3v) is 2.95. The van der Waals surface area contributed by atoms with Crippen LogP contribution in [0.1, 0.15) is 25.7 Å². The van der Waals surface area contributed by atoms with Gasteiger partial charge in [-0.2, -0.15) is 0 Å². The Labute approximate surface area is 168 Å². The molecule has 11 heteroatoms. The van der Waals surface area contributed by atoms with Gasteiger partial charge in [-0.3, -0.25) is 0 Å². The van der Waals surface area contributed by atoms with Crippen molar-refractivity contribution in [1.82, 2.24) is 0 Å². The van der Waals surface area contributed by atoms with Crippen LogP contribution in [0, 0.1) is 0 Å². The van der Waals surface area contributed by atoms with Gasteiger partial charge in [0.25, 0.3) is 0 Å². The van der Waals surface area contributed by atoms with E-state index in [2.05, 4.69) is 0 Å². The number of aliphatic carboxylic acids is 2. The summed E-state index contributed by atoms with van der Waals surface area (Å²) in [4.78, 5) is 20.1. The van der Waals surface area contributed by atoms with Gasteiger partial charge in [0.15, 0.2) is 0 Å². The summed E-state index contributed by atoms with van der Waals surface area (Å²) < 4.78 is 0. The van der Waals surface area contributed by atoms with E-state index in [1.54, 1.807) is 0 Å². The van der Waals surface area contributed by atoms with Gasteiger partial charge in [-0.05, 0) is 0 Å². The first kappa shape index (κ1) is 33.4. The monoisotopic (exact) mass is 577 g/mol. The van der Waals surface area contributed by atoms with E-state index in [-0.39, 0.29) is 88.1 Å². The van der Waals surface area contributed by atoms with E-state index in [9.17, 15) is 19.8 Å². The van der Waals surface area contributed by atoms with Gasteiger partial charge >= 0.3 is 17.1 Å². The molecule has 0 bridgehead atoms. The zero-order valence-corrected chi connectivity index (χ0v) is 17.0. The Balaban J connectivity index is -0.0000000656. The van der Waals surface area contributed by atoms with Crippen LogP contribution in [-0.4, -0.2) is 37.1 Å². The fourth-order valence-electron chi connectivity index (χ4n) is 1.98. The molecule has 2 aliphatic heterocycles. The second-order valence-corrected chi connectivity index (χ2v) is 4.18. The SMILES string of the molecule is O=C([O-])[C@@H]1CCC[NH2+]1.O=C([O-])[C@H]1CCC[NH2+]1.[I-].[I-].[Mn+2].[OH3+].[OH3+]. The molecule has 2 rings (SSSR count). The fraction of sp³-hybridized carbons (Fsp3) is 0.800. The topological polar surface area (TPSA) is 179 Å². The molecule has 0 aromatic heterocycles. The van der Waals surface area contributed by atoms with E-state index >= 15 is 0 Å². The third kappa shape index (κ3) is 14.1. The Morgan fingerprint density at radius 1 is 0.810 bits per heavy atom. The maximum Gasteiger partial charge on any atom is 2.00 e. The number of rotatable bonds is 2. The minimum atomic E-state index is -0.914. The number of halogens is 2. The van der Waals surface area contributed by atoms with E-state index in [4.69, 9.17) is 0 Å². The van der Waals surface area contributed by atoms with Gasteiger partial charge in [0.2, 0.25) is 0 Å². The molecule has 10 N–H and O–H groups in total. The number of quaternary nitrogens is 2. The Hall–Kier alpha value is 0.759. The summed E-state index contributed by atoms with van der Waals surface area (Å²) in [5.74, 6) is -1.83. The van der Waals surface area contributed by atoms with Gasteiger partial charge in [0.05, 0.1) is 25.0 Å². The van der Waals surface area contributed by atoms with E-state index < -0.39 is 11.9 Å². The molecule has 0 aromatic carbocycles. The van der Waals surface area contributed by atoms with Gasteiger partial charge < -0.3 is 89.3 Å². The molecule has 2 atom stereocenters. The average molecular weight is 577 g/mol. The Bertz CT molecular complexity index is 238. The maximum atomic E-state index is 10.1. The van der Waals surface area contributed by atoms with Crippen molar-refractivity contribution in [2.24, 2.45) is 0 Å². The predicted molar refractivity (Wildman–Crippen MR) is 59.4 cm³/mol. The van der Waals surface area contributed by atoms with Crippen LogP contribution in [0.4, 0.5) is 0 Å².